The molecule has 0 aliphatic carbocycles. The molecule has 1 rings (SSSR count). The van der Waals surface area contributed by atoms with Crippen LogP contribution in [0.4, 0.5) is 0 Å². The average Bonchev–Trinajstić information content (AvgIpc) is 2.43. The molecule has 1 heterocycles. The number of hydrogen-bond donors (Lipinski definition) is 2. The van der Waals surface area contributed by atoms with Crippen molar-refractivity contribution in [2.24, 2.45) is 5.73 Å². The van der Waals surface area contributed by atoms with Crippen molar-refractivity contribution in [3.8, 4) is 0 Å². The van der Waals surface area contributed by atoms with Crippen molar-refractivity contribution in [3.05, 3.63) is 17.0 Å². The number of aryl methyl sites for hydroxylation is 2. The Hall–Kier alpha value is -1.14. The van der Waals surface area contributed by atoms with E-state index in [2.05, 4.69) is 15.3 Å². The van der Waals surface area contributed by atoms with Crippen molar-refractivity contribution in [1.82, 2.24) is 15.3 Å². The third-order valence-electron chi connectivity index (χ3n) is 4.01. The molecule has 1 unspecified atom stereocenters. The van der Waals surface area contributed by atoms with Gasteiger partial charge in [0.25, 0.3) is 0 Å². The van der Waals surface area contributed by atoms with Crippen LogP contribution in [0.5, 0.6) is 0 Å². The third kappa shape index (κ3) is 4.97. The van der Waals surface area contributed by atoms with E-state index >= 15 is 0 Å². The predicted octanol–water partition coefficient (Wildman–Crippen LogP) is 2.13. The molecule has 0 aliphatic rings. The average molecular weight is 310 g/mol. The van der Waals surface area contributed by atoms with Crippen molar-refractivity contribution in [2.45, 2.75) is 57.7 Å². The Morgan fingerprint density at radius 1 is 1.24 bits per heavy atom. The molecule has 0 fully saturated rings. The van der Waals surface area contributed by atoms with Gasteiger partial charge in [0.15, 0.2) is 5.16 Å². The lowest BCUT2D eigenvalue weighted by Gasteiger charge is -2.25. The lowest BCUT2D eigenvalue weighted by atomic mass is 9.94. The van der Waals surface area contributed by atoms with Crippen LogP contribution in [0.15, 0.2) is 5.16 Å². The minimum absolute atomic E-state index is 0.300. The minimum Gasteiger partial charge on any atom is -0.368 e. The predicted molar refractivity (Wildman–Crippen MR) is 87.5 cm³/mol. The van der Waals surface area contributed by atoms with E-state index in [4.69, 9.17) is 5.73 Å². The van der Waals surface area contributed by atoms with E-state index in [9.17, 15) is 4.79 Å². The molecule has 6 heteroatoms. The van der Waals surface area contributed by atoms with Crippen LogP contribution in [0.3, 0.4) is 0 Å². The van der Waals surface area contributed by atoms with Gasteiger partial charge >= 0.3 is 0 Å². The van der Waals surface area contributed by atoms with E-state index < -0.39 is 5.54 Å². The second-order valence-electron chi connectivity index (χ2n) is 5.55. The first-order valence-electron chi connectivity index (χ1n) is 7.23. The molecule has 1 aromatic rings. The molecule has 0 radical (unpaired) electrons. The maximum Gasteiger partial charge on any atom is 0.237 e. The highest BCUT2D eigenvalue weighted by atomic mass is 32.2. The van der Waals surface area contributed by atoms with Crippen LogP contribution >= 0.6 is 11.8 Å². The van der Waals surface area contributed by atoms with Gasteiger partial charge in [-0.25, -0.2) is 9.97 Å². The minimum atomic E-state index is -0.613. The third-order valence-corrected chi connectivity index (χ3v) is 4.94. The van der Waals surface area contributed by atoms with Gasteiger partial charge in [-0.15, -0.1) is 0 Å². The Morgan fingerprint density at radius 2 is 1.81 bits per heavy atom. The molecular formula is C15H26N4OS. The van der Waals surface area contributed by atoms with Crippen LogP contribution in [-0.4, -0.2) is 34.2 Å². The van der Waals surface area contributed by atoms with Crippen LogP contribution in [-0.2, 0) is 4.79 Å². The molecule has 3 N–H and O–H groups in total. The molecule has 0 saturated heterocycles. The smallest absolute Gasteiger partial charge is 0.237 e. The Bertz CT molecular complexity index is 483. The van der Waals surface area contributed by atoms with Gasteiger partial charge in [-0.2, -0.15) is 0 Å². The van der Waals surface area contributed by atoms with E-state index in [1.54, 1.807) is 18.8 Å². The number of nitrogens with two attached hydrogens (primary N) is 1. The van der Waals surface area contributed by atoms with Gasteiger partial charge in [0.2, 0.25) is 5.91 Å². The summed E-state index contributed by atoms with van der Waals surface area (Å²) in [5.41, 5.74) is 8.04. The highest BCUT2D eigenvalue weighted by Crippen LogP contribution is 2.20. The summed E-state index contributed by atoms with van der Waals surface area (Å²) in [5.74, 6) is 0.645. The maximum atomic E-state index is 11.4. The Morgan fingerprint density at radius 3 is 2.29 bits per heavy atom. The number of thioether (sulfide) groups is 1. The Labute approximate surface area is 131 Å². The summed E-state index contributed by atoms with van der Waals surface area (Å²) in [5, 5.41) is 3.84. The number of primary amides is 1. The van der Waals surface area contributed by atoms with Crippen LogP contribution in [0.2, 0.25) is 0 Å². The largest absolute Gasteiger partial charge is 0.368 e. The fraction of sp³-hybridized carbons (Fsp3) is 0.667. The normalized spacial score (nSPS) is 14.0. The molecule has 0 bridgehead atoms. The van der Waals surface area contributed by atoms with Gasteiger partial charge in [-0.05, 0) is 53.1 Å². The van der Waals surface area contributed by atoms with Crippen molar-refractivity contribution < 1.29 is 4.79 Å². The van der Waals surface area contributed by atoms with Gasteiger partial charge in [0, 0.05) is 17.1 Å². The zero-order chi connectivity index (χ0) is 16.0. The zero-order valence-corrected chi connectivity index (χ0v) is 14.4. The number of hydrogen-bond acceptors (Lipinski definition) is 5. The summed E-state index contributed by atoms with van der Waals surface area (Å²) in [4.78, 5) is 20.4. The quantitative estimate of drug-likeness (QED) is 0.437. The first kappa shape index (κ1) is 17.9. The van der Waals surface area contributed by atoms with Gasteiger partial charge in [-0.3, -0.25) is 4.79 Å². The highest BCUT2D eigenvalue weighted by Gasteiger charge is 2.27. The fourth-order valence-corrected chi connectivity index (χ4v) is 2.86. The first-order valence-corrected chi connectivity index (χ1v) is 8.22. The number of amides is 1. The van der Waals surface area contributed by atoms with E-state index in [0.29, 0.717) is 0 Å². The number of aromatic nitrogens is 2. The van der Waals surface area contributed by atoms with Gasteiger partial charge in [-0.1, -0.05) is 18.2 Å². The second kappa shape index (κ2) is 7.75. The molecule has 1 aromatic heterocycles. The van der Waals surface area contributed by atoms with Crippen LogP contribution in [0.1, 0.15) is 43.1 Å². The molecule has 0 saturated carbocycles. The molecule has 5 nitrogen and oxygen atoms in total. The standard InChI is InChI=1S/C15H26N4OS/c1-10-11(2)18-14(19-12(10)3)21-9-7-6-8-15(4,17-5)13(16)20/h17H,6-9H2,1-5H3,(H2,16,20). The Kier molecular flexibility index (Phi) is 6.61. The summed E-state index contributed by atoms with van der Waals surface area (Å²) >= 11 is 1.67. The van der Waals surface area contributed by atoms with Crippen LogP contribution in [0, 0.1) is 20.8 Å². The lowest BCUT2D eigenvalue weighted by Crippen LogP contribution is -2.51. The lowest BCUT2D eigenvalue weighted by molar-refractivity contribution is -0.123. The van der Waals surface area contributed by atoms with Crippen LogP contribution < -0.4 is 11.1 Å². The molecule has 1 amide bonds. The summed E-state index contributed by atoms with van der Waals surface area (Å²) in [6.45, 7) is 7.92. The van der Waals surface area contributed by atoms with E-state index in [1.165, 1.54) is 0 Å². The van der Waals surface area contributed by atoms with Gasteiger partial charge < -0.3 is 11.1 Å². The van der Waals surface area contributed by atoms with E-state index in [1.807, 2.05) is 27.7 Å². The molecule has 118 valence electrons. The van der Waals surface area contributed by atoms with Crippen molar-refractivity contribution in [3.63, 3.8) is 0 Å². The number of likely N-dealkylation sites (N-methyl/N-ethyl adjacent to an activating group) is 1. The number of carbonyl (C=O) groups excluding carboxylic acids is 1. The zero-order valence-electron chi connectivity index (χ0n) is 13.6. The monoisotopic (exact) mass is 310 g/mol. The van der Waals surface area contributed by atoms with Crippen molar-refractivity contribution >= 4 is 17.7 Å². The fourth-order valence-electron chi connectivity index (χ4n) is 1.92. The molecule has 21 heavy (non-hydrogen) atoms. The number of nitrogens with zero attached hydrogens (tertiary/aromatic N) is 2. The number of nitrogens with one attached hydrogen (secondary N) is 1. The van der Waals surface area contributed by atoms with Crippen LogP contribution in [0.25, 0.3) is 0 Å². The van der Waals surface area contributed by atoms with Crippen molar-refractivity contribution in [2.75, 3.05) is 12.8 Å². The van der Waals surface area contributed by atoms with Gasteiger partial charge in [0.1, 0.15) is 0 Å². The molecular weight excluding hydrogens is 284 g/mol. The SMILES string of the molecule is CNC(C)(CCCCSc1nc(C)c(C)c(C)n1)C(N)=O. The number of rotatable bonds is 8. The highest BCUT2D eigenvalue weighted by molar-refractivity contribution is 7.99. The van der Waals surface area contributed by atoms with Crippen molar-refractivity contribution in [1.29, 1.82) is 0 Å². The van der Waals surface area contributed by atoms with Gasteiger partial charge in [0.05, 0.1) is 5.54 Å². The molecule has 1 atom stereocenters. The second-order valence-corrected chi connectivity index (χ2v) is 6.62. The topological polar surface area (TPSA) is 80.9 Å². The summed E-state index contributed by atoms with van der Waals surface area (Å²) in [6, 6.07) is 0. The Balaban J connectivity index is 2.40. The summed E-state index contributed by atoms with van der Waals surface area (Å²) in [7, 11) is 1.77. The molecule has 0 aliphatic heterocycles. The van der Waals surface area contributed by atoms with E-state index in [-0.39, 0.29) is 5.91 Å². The summed E-state index contributed by atoms with van der Waals surface area (Å²) in [6.07, 6.45) is 2.69. The first-order chi connectivity index (χ1) is 9.80. The summed E-state index contributed by atoms with van der Waals surface area (Å²) < 4.78 is 0. The molecule has 0 aromatic carbocycles. The number of unbranched alkanes of at least 4 members (excludes halogenated alkanes) is 1. The number of carbonyl (C=O) groups is 1. The van der Waals surface area contributed by atoms with E-state index in [0.717, 1.165) is 47.1 Å². The maximum absolute atomic E-state index is 11.4. The molecule has 0 spiro atoms.